The Bertz CT molecular complexity index is 3880. The molecule has 0 saturated carbocycles. The molecule has 320 valence electrons. The Kier molecular flexibility index (Phi) is 9.68. The molecule has 2 heteroatoms. The quantitative estimate of drug-likeness (QED) is 0.138. The van der Waals surface area contributed by atoms with E-state index in [2.05, 4.69) is 270 Å². The van der Waals surface area contributed by atoms with Crippen molar-refractivity contribution in [3.05, 3.63) is 272 Å². The number of hydrogen-bond donors (Lipinski definition) is 0. The minimum atomic E-state index is 0.229. The third-order valence-corrected chi connectivity index (χ3v) is 14.0. The summed E-state index contributed by atoms with van der Waals surface area (Å²) in [5.74, 6) is 0.229. The van der Waals surface area contributed by atoms with Crippen LogP contribution in [0.1, 0.15) is 17.9 Å². The molecule has 0 amide bonds. The van der Waals surface area contributed by atoms with E-state index < -0.39 is 0 Å². The maximum absolute atomic E-state index is 2.48. The fourth-order valence-electron chi connectivity index (χ4n) is 10.8. The van der Waals surface area contributed by atoms with E-state index in [-0.39, 0.29) is 5.92 Å². The lowest BCUT2D eigenvalue weighted by Crippen LogP contribution is -2.17. The average Bonchev–Trinajstić information content (AvgIpc) is 3.74. The van der Waals surface area contributed by atoms with Crippen molar-refractivity contribution < 1.29 is 0 Å². The highest BCUT2D eigenvalue weighted by molar-refractivity contribution is 6.19. The Morgan fingerprint density at radius 3 is 1.68 bits per heavy atom. The van der Waals surface area contributed by atoms with E-state index in [1.165, 1.54) is 93.1 Å². The standard InChI is InChI=1S/C66H46N2/c1-4-18-45(19-5-1)52-38-53(46-20-6-2-7-21-46)41-57(40-52)67(55-36-34-47(35-37-55)62-43-51-24-12-13-29-58(51)60-30-14-15-31-61(60)62)56-28-16-25-50(39-56)59-32-17-33-64-66(59)63-42-48-22-10-11-23-49(48)44-65(63)68(64)54-26-8-3-9-27-54/h1-34,36-44,47H,35H2/t47-/m0/s1. The summed E-state index contributed by atoms with van der Waals surface area (Å²) >= 11 is 0. The number of allylic oxidation sites excluding steroid dienone is 3. The van der Waals surface area contributed by atoms with Crippen molar-refractivity contribution in [3.63, 3.8) is 0 Å². The van der Waals surface area contributed by atoms with Crippen LogP contribution in [-0.4, -0.2) is 4.57 Å². The Morgan fingerprint density at radius 1 is 0.382 bits per heavy atom. The van der Waals surface area contributed by atoms with E-state index in [9.17, 15) is 0 Å². The predicted molar refractivity (Wildman–Crippen MR) is 289 cm³/mol. The van der Waals surface area contributed by atoms with E-state index in [1.807, 2.05) is 0 Å². The zero-order chi connectivity index (χ0) is 45.0. The first kappa shape index (κ1) is 39.6. The van der Waals surface area contributed by atoms with E-state index >= 15 is 0 Å². The van der Waals surface area contributed by atoms with Crippen molar-refractivity contribution in [1.82, 2.24) is 4.57 Å². The summed E-state index contributed by atoms with van der Waals surface area (Å²) in [6.45, 7) is 0. The molecule has 12 aromatic rings. The second-order valence-electron chi connectivity index (χ2n) is 18.0. The Morgan fingerprint density at radius 2 is 0.971 bits per heavy atom. The molecule has 1 aliphatic carbocycles. The molecule has 0 saturated heterocycles. The zero-order valence-corrected chi connectivity index (χ0v) is 37.5. The molecule has 1 aliphatic rings. The summed E-state index contributed by atoms with van der Waals surface area (Å²) in [5.41, 5.74) is 15.4. The number of fused-ring (bicyclic) bond motifs is 7. The third-order valence-electron chi connectivity index (χ3n) is 14.0. The monoisotopic (exact) mass is 866 g/mol. The number of hydrogen-bond acceptors (Lipinski definition) is 1. The van der Waals surface area contributed by atoms with Gasteiger partial charge in [0.15, 0.2) is 0 Å². The van der Waals surface area contributed by atoms with Gasteiger partial charge in [0.2, 0.25) is 0 Å². The van der Waals surface area contributed by atoms with Gasteiger partial charge in [0, 0.05) is 39.4 Å². The van der Waals surface area contributed by atoms with Crippen LogP contribution in [0.3, 0.4) is 0 Å². The maximum Gasteiger partial charge on any atom is 0.0547 e. The van der Waals surface area contributed by atoms with Gasteiger partial charge in [-0.15, -0.1) is 0 Å². The number of rotatable bonds is 8. The fraction of sp³-hybridized carbons (Fsp3) is 0.0303. The van der Waals surface area contributed by atoms with Crippen molar-refractivity contribution in [3.8, 4) is 39.1 Å². The van der Waals surface area contributed by atoms with E-state index in [4.69, 9.17) is 0 Å². The van der Waals surface area contributed by atoms with Crippen LogP contribution in [0.2, 0.25) is 0 Å². The summed E-state index contributed by atoms with van der Waals surface area (Å²) in [6.07, 6.45) is 8.13. The molecule has 0 bridgehead atoms. The van der Waals surface area contributed by atoms with Crippen LogP contribution in [0.25, 0.3) is 93.2 Å². The van der Waals surface area contributed by atoms with Crippen molar-refractivity contribution in [2.45, 2.75) is 12.3 Å². The van der Waals surface area contributed by atoms with Crippen LogP contribution in [0.5, 0.6) is 0 Å². The molecule has 0 unspecified atom stereocenters. The molecule has 0 N–H and O–H groups in total. The number of aromatic nitrogens is 1. The van der Waals surface area contributed by atoms with Gasteiger partial charge < -0.3 is 9.47 Å². The molecule has 11 aromatic carbocycles. The molecule has 1 aromatic heterocycles. The van der Waals surface area contributed by atoms with Crippen LogP contribution in [0, 0.1) is 0 Å². The first-order chi connectivity index (χ1) is 33.7. The highest BCUT2D eigenvalue weighted by Gasteiger charge is 2.23. The summed E-state index contributed by atoms with van der Waals surface area (Å²) in [6, 6.07) is 89.0. The lowest BCUT2D eigenvalue weighted by Gasteiger charge is -2.30. The molecule has 1 atom stereocenters. The number of anilines is 2. The van der Waals surface area contributed by atoms with E-state index in [0.717, 1.165) is 29.2 Å². The highest BCUT2D eigenvalue weighted by Crippen LogP contribution is 2.45. The normalized spacial score (nSPS) is 13.7. The molecular weight excluding hydrogens is 821 g/mol. The Balaban J connectivity index is 1.00. The van der Waals surface area contributed by atoms with Gasteiger partial charge in [0.1, 0.15) is 0 Å². The molecule has 0 radical (unpaired) electrons. The van der Waals surface area contributed by atoms with Crippen LogP contribution in [-0.2, 0) is 0 Å². The molecule has 1 heterocycles. The minimum Gasteiger partial charge on any atom is -0.311 e. The van der Waals surface area contributed by atoms with Gasteiger partial charge in [0.25, 0.3) is 0 Å². The van der Waals surface area contributed by atoms with Crippen molar-refractivity contribution in [2.75, 3.05) is 4.90 Å². The molecule has 0 fully saturated rings. The van der Waals surface area contributed by atoms with Crippen molar-refractivity contribution in [1.29, 1.82) is 0 Å². The second-order valence-corrected chi connectivity index (χ2v) is 18.0. The second kappa shape index (κ2) is 16.6. The molecular formula is C66H46N2. The minimum absolute atomic E-state index is 0.229. The van der Waals surface area contributed by atoms with Gasteiger partial charge in [-0.2, -0.15) is 0 Å². The lowest BCUT2D eigenvalue weighted by molar-refractivity contribution is 0.848. The average molecular weight is 867 g/mol. The number of para-hydroxylation sites is 1. The fourth-order valence-corrected chi connectivity index (χ4v) is 10.8. The molecule has 0 aliphatic heterocycles. The van der Waals surface area contributed by atoms with Gasteiger partial charge in [-0.3, -0.25) is 0 Å². The number of benzene rings is 11. The van der Waals surface area contributed by atoms with Crippen LogP contribution < -0.4 is 4.90 Å². The maximum atomic E-state index is 2.48. The Hall–Kier alpha value is -8.72. The first-order valence-electron chi connectivity index (χ1n) is 23.7. The van der Waals surface area contributed by atoms with Crippen molar-refractivity contribution >= 4 is 65.5 Å². The highest BCUT2D eigenvalue weighted by atomic mass is 15.1. The SMILES string of the molecule is C1=C[C@H](c2cc3ccccc3c3ccccc23)CC=C1N(c1cc(-c2ccccc2)cc(-c2ccccc2)c1)c1cccc(-c2cccc3c2c2cc4ccccc4cc2n3-c2ccccc2)c1. The van der Waals surface area contributed by atoms with E-state index in [1.54, 1.807) is 0 Å². The molecule has 68 heavy (non-hydrogen) atoms. The summed E-state index contributed by atoms with van der Waals surface area (Å²) < 4.78 is 2.43. The summed E-state index contributed by atoms with van der Waals surface area (Å²) in [4.78, 5) is 2.48. The lowest BCUT2D eigenvalue weighted by atomic mass is 9.85. The summed E-state index contributed by atoms with van der Waals surface area (Å²) in [5, 5.41) is 10.2. The van der Waals surface area contributed by atoms with E-state index in [0.29, 0.717) is 0 Å². The topological polar surface area (TPSA) is 8.17 Å². The van der Waals surface area contributed by atoms with Crippen molar-refractivity contribution in [2.24, 2.45) is 0 Å². The largest absolute Gasteiger partial charge is 0.311 e. The summed E-state index contributed by atoms with van der Waals surface area (Å²) in [7, 11) is 0. The zero-order valence-electron chi connectivity index (χ0n) is 37.5. The smallest absolute Gasteiger partial charge is 0.0547 e. The van der Waals surface area contributed by atoms with Gasteiger partial charge >= 0.3 is 0 Å². The van der Waals surface area contributed by atoms with Crippen LogP contribution in [0.4, 0.5) is 11.4 Å². The third kappa shape index (κ3) is 6.89. The predicted octanol–water partition coefficient (Wildman–Crippen LogP) is 18.0. The molecule has 0 spiro atoms. The molecule has 2 nitrogen and oxygen atoms in total. The van der Waals surface area contributed by atoms with Gasteiger partial charge in [0.05, 0.1) is 11.0 Å². The van der Waals surface area contributed by atoms with Crippen LogP contribution in [0.15, 0.2) is 267 Å². The first-order valence-corrected chi connectivity index (χ1v) is 23.7. The Labute approximate surface area is 396 Å². The number of nitrogens with zero attached hydrogens (tertiary/aromatic N) is 2. The van der Waals surface area contributed by atoms with Crippen LogP contribution >= 0.6 is 0 Å². The van der Waals surface area contributed by atoms with Gasteiger partial charge in [-0.25, -0.2) is 0 Å². The van der Waals surface area contributed by atoms with Gasteiger partial charge in [-0.1, -0.05) is 188 Å². The van der Waals surface area contributed by atoms with Gasteiger partial charge in [-0.05, 0) is 150 Å². The molecule has 13 rings (SSSR count).